The van der Waals surface area contributed by atoms with Crippen LogP contribution in [0.4, 0.5) is 5.69 Å². The van der Waals surface area contributed by atoms with Crippen LogP contribution >= 0.6 is 0 Å². The van der Waals surface area contributed by atoms with E-state index in [9.17, 15) is 14.9 Å². The molecule has 1 rings (SSSR count). The lowest BCUT2D eigenvalue weighted by atomic mass is 10.2. The summed E-state index contributed by atoms with van der Waals surface area (Å²) in [5, 5.41) is 10.6. The van der Waals surface area contributed by atoms with E-state index in [2.05, 4.69) is 4.74 Å². The second-order valence-corrected chi connectivity index (χ2v) is 3.97. The number of nitro groups is 1. The van der Waals surface area contributed by atoms with Crippen molar-refractivity contribution in [2.75, 3.05) is 13.7 Å². The number of nitrogens with two attached hydrogens (primary N) is 1. The van der Waals surface area contributed by atoms with E-state index in [1.54, 1.807) is 13.0 Å². The van der Waals surface area contributed by atoms with Crippen LogP contribution in [0.15, 0.2) is 18.2 Å². The van der Waals surface area contributed by atoms with E-state index in [4.69, 9.17) is 10.5 Å². The molecular formula is C12H16N2O5. The van der Waals surface area contributed by atoms with Crippen LogP contribution in [0.1, 0.15) is 12.0 Å². The largest absolute Gasteiger partial charge is 0.494 e. The van der Waals surface area contributed by atoms with Crippen molar-refractivity contribution in [3.05, 3.63) is 33.9 Å². The molecule has 1 aromatic carbocycles. The maximum atomic E-state index is 11.1. The lowest BCUT2D eigenvalue weighted by Crippen LogP contribution is -2.33. The van der Waals surface area contributed by atoms with Crippen LogP contribution in [0.5, 0.6) is 5.75 Å². The van der Waals surface area contributed by atoms with Gasteiger partial charge in [-0.3, -0.25) is 14.9 Å². The number of hydrogen-bond acceptors (Lipinski definition) is 6. The van der Waals surface area contributed by atoms with Crippen molar-refractivity contribution >= 4 is 11.7 Å². The zero-order valence-electron chi connectivity index (χ0n) is 10.8. The maximum Gasteiger partial charge on any atom is 0.322 e. The molecule has 0 aliphatic rings. The minimum atomic E-state index is -0.732. The normalized spacial score (nSPS) is 11.7. The molecule has 19 heavy (non-hydrogen) atoms. The molecule has 1 aromatic rings. The van der Waals surface area contributed by atoms with Crippen molar-refractivity contribution in [2.24, 2.45) is 5.73 Å². The second kappa shape index (κ2) is 6.69. The van der Waals surface area contributed by atoms with Crippen molar-refractivity contribution in [1.82, 2.24) is 0 Å². The van der Waals surface area contributed by atoms with Gasteiger partial charge in [-0.15, -0.1) is 0 Å². The Bertz CT molecular complexity index is 475. The van der Waals surface area contributed by atoms with E-state index in [1.165, 1.54) is 19.2 Å². The molecule has 0 aliphatic carbocycles. The van der Waals surface area contributed by atoms with Crippen molar-refractivity contribution in [1.29, 1.82) is 0 Å². The molecule has 0 saturated carbocycles. The molecule has 1 atom stereocenters. The number of hydrogen-bond donors (Lipinski definition) is 1. The highest BCUT2D eigenvalue weighted by atomic mass is 16.6. The highest BCUT2D eigenvalue weighted by Crippen LogP contribution is 2.23. The van der Waals surface area contributed by atoms with Crippen LogP contribution < -0.4 is 10.5 Å². The van der Waals surface area contributed by atoms with Crippen LogP contribution in [0.25, 0.3) is 0 Å². The number of nitrogens with zero attached hydrogens (tertiary/aromatic N) is 1. The third-order valence-electron chi connectivity index (χ3n) is 2.57. The number of methoxy groups -OCH3 is 1. The second-order valence-electron chi connectivity index (χ2n) is 3.97. The summed E-state index contributed by atoms with van der Waals surface area (Å²) in [4.78, 5) is 21.2. The summed E-state index contributed by atoms with van der Waals surface area (Å²) >= 11 is 0. The Morgan fingerprint density at radius 2 is 2.21 bits per heavy atom. The van der Waals surface area contributed by atoms with Gasteiger partial charge in [-0.1, -0.05) is 0 Å². The average Bonchev–Trinajstić information content (AvgIpc) is 2.37. The molecular weight excluding hydrogens is 252 g/mol. The molecule has 0 amide bonds. The molecule has 1 unspecified atom stereocenters. The van der Waals surface area contributed by atoms with E-state index >= 15 is 0 Å². The Hall–Kier alpha value is -2.15. The highest BCUT2D eigenvalue weighted by Gasteiger charge is 2.14. The first-order chi connectivity index (χ1) is 8.95. The van der Waals surface area contributed by atoms with E-state index in [-0.39, 0.29) is 12.3 Å². The monoisotopic (exact) mass is 268 g/mol. The molecule has 7 heteroatoms. The zero-order valence-corrected chi connectivity index (χ0v) is 10.8. The zero-order chi connectivity index (χ0) is 14.4. The van der Waals surface area contributed by atoms with Gasteiger partial charge in [0.25, 0.3) is 5.69 Å². The number of nitro benzene ring substituents is 1. The first-order valence-corrected chi connectivity index (χ1v) is 5.67. The van der Waals surface area contributed by atoms with E-state index < -0.39 is 16.9 Å². The van der Waals surface area contributed by atoms with Crippen molar-refractivity contribution in [3.8, 4) is 5.75 Å². The van der Waals surface area contributed by atoms with Gasteiger partial charge in [0.05, 0.1) is 18.6 Å². The molecule has 0 aromatic heterocycles. The topological polar surface area (TPSA) is 105 Å². The standard InChI is InChI=1S/C12H16N2O5/c1-8-7-9(3-4-11(8)14(16)17)19-6-5-10(13)12(15)18-2/h3-4,7,10H,5-6,13H2,1-2H3. The summed E-state index contributed by atoms with van der Waals surface area (Å²) < 4.78 is 9.86. The molecule has 104 valence electrons. The van der Waals surface area contributed by atoms with Crippen LogP contribution in [0, 0.1) is 17.0 Å². The van der Waals surface area contributed by atoms with Gasteiger partial charge in [-0.05, 0) is 19.1 Å². The number of carbonyl (C=O) groups is 1. The van der Waals surface area contributed by atoms with Crippen LogP contribution in [-0.2, 0) is 9.53 Å². The van der Waals surface area contributed by atoms with Gasteiger partial charge in [0, 0.05) is 18.1 Å². The fourth-order valence-electron chi connectivity index (χ4n) is 1.50. The van der Waals surface area contributed by atoms with Crippen molar-refractivity contribution < 1.29 is 19.2 Å². The maximum absolute atomic E-state index is 11.1. The summed E-state index contributed by atoms with van der Waals surface area (Å²) in [6.45, 7) is 1.86. The molecule has 2 N–H and O–H groups in total. The summed E-state index contributed by atoms with van der Waals surface area (Å²) in [6, 6.07) is 3.73. The molecule has 0 aliphatic heterocycles. The predicted octanol–water partition coefficient (Wildman–Crippen LogP) is 1.17. The van der Waals surface area contributed by atoms with E-state index in [0.717, 1.165) is 0 Å². The van der Waals surface area contributed by atoms with Crippen molar-refractivity contribution in [3.63, 3.8) is 0 Å². The first-order valence-electron chi connectivity index (χ1n) is 5.67. The Labute approximate surface area is 110 Å². The fourth-order valence-corrected chi connectivity index (χ4v) is 1.50. The van der Waals surface area contributed by atoms with Gasteiger partial charge < -0.3 is 15.2 Å². The Morgan fingerprint density at radius 1 is 1.53 bits per heavy atom. The number of esters is 1. The molecule has 0 spiro atoms. The molecule has 7 nitrogen and oxygen atoms in total. The third kappa shape index (κ3) is 4.22. The predicted molar refractivity (Wildman–Crippen MR) is 67.9 cm³/mol. The third-order valence-corrected chi connectivity index (χ3v) is 2.57. The number of benzene rings is 1. The van der Waals surface area contributed by atoms with E-state index in [1.807, 2.05) is 0 Å². The van der Waals surface area contributed by atoms with Crippen LogP contribution in [0.3, 0.4) is 0 Å². The summed E-state index contributed by atoms with van der Waals surface area (Å²) in [7, 11) is 1.27. The van der Waals surface area contributed by atoms with Gasteiger partial charge in [0.1, 0.15) is 11.8 Å². The Balaban J connectivity index is 2.53. The lowest BCUT2D eigenvalue weighted by Gasteiger charge is -2.10. The number of aryl methyl sites for hydroxylation is 1. The smallest absolute Gasteiger partial charge is 0.322 e. The molecule has 0 fully saturated rings. The summed E-state index contributed by atoms with van der Waals surface area (Å²) in [5.74, 6) is 0.00338. The SMILES string of the molecule is COC(=O)C(N)CCOc1ccc([N+](=O)[O-])c(C)c1. The molecule has 0 radical (unpaired) electrons. The first kappa shape index (κ1) is 14.9. The highest BCUT2D eigenvalue weighted by molar-refractivity contribution is 5.75. The van der Waals surface area contributed by atoms with Gasteiger partial charge in [0.2, 0.25) is 0 Å². The summed E-state index contributed by atoms with van der Waals surface area (Å²) in [6.07, 6.45) is 0.308. The molecule has 0 saturated heterocycles. The Kier molecular flexibility index (Phi) is 5.25. The fraction of sp³-hybridized carbons (Fsp3) is 0.417. The minimum Gasteiger partial charge on any atom is -0.494 e. The van der Waals surface area contributed by atoms with E-state index in [0.29, 0.717) is 17.7 Å². The number of ether oxygens (including phenoxy) is 2. The van der Waals surface area contributed by atoms with Gasteiger partial charge in [-0.25, -0.2) is 0 Å². The molecule has 0 heterocycles. The van der Waals surface area contributed by atoms with Gasteiger partial charge >= 0.3 is 5.97 Å². The van der Waals surface area contributed by atoms with Crippen LogP contribution in [0.2, 0.25) is 0 Å². The lowest BCUT2D eigenvalue weighted by molar-refractivity contribution is -0.385. The van der Waals surface area contributed by atoms with Crippen molar-refractivity contribution in [2.45, 2.75) is 19.4 Å². The average molecular weight is 268 g/mol. The van der Waals surface area contributed by atoms with Crippen LogP contribution in [-0.4, -0.2) is 30.7 Å². The van der Waals surface area contributed by atoms with Gasteiger partial charge in [0.15, 0.2) is 0 Å². The molecule has 0 bridgehead atoms. The minimum absolute atomic E-state index is 0.0404. The quantitative estimate of drug-likeness (QED) is 0.471. The Morgan fingerprint density at radius 3 is 2.74 bits per heavy atom. The van der Waals surface area contributed by atoms with Gasteiger partial charge in [-0.2, -0.15) is 0 Å². The number of rotatable bonds is 6. The summed E-state index contributed by atoms with van der Waals surface area (Å²) in [5.41, 5.74) is 6.10. The number of carbonyl (C=O) groups excluding carboxylic acids is 1.